The highest BCUT2D eigenvalue weighted by atomic mass is 32.2. The van der Waals surface area contributed by atoms with Crippen LogP contribution < -0.4 is 0 Å². The Kier molecular flexibility index (Phi) is 6.13. The lowest BCUT2D eigenvalue weighted by molar-refractivity contribution is -0.138. The van der Waals surface area contributed by atoms with E-state index in [1.807, 2.05) is 6.92 Å². The number of hydrogen-bond acceptors (Lipinski definition) is 4. The Bertz CT molecular complexity index is 784. The second kappa shape index (κ2) is 7.79. The lowest BCUT2D eigenvalue weighted by Crippen LogP contribution is -2.41. The maximum Gasteiger partial charge on any atom is 0.323 e. The third kappa shape index (κ3) is 4.27. The van der Waals surface area contributed by atoms with Crippen LogP contribution in [0.2, 0.25) is 0 Å². The van der Waals surface area contributed by atoms with Gasteiger partial charge in [0, 0.05) is 32.4 Å². The molecule has 0 aromatic carbocycles. The summed E-state index contributed by atoms with van der Waals surface area (Å²) in [4.78, 5) is 25.0. The van der Waals surface area contributed by atoms with Gasteiger partial charge in [-0.25, -0.2) is 8.42 Å². The summed E-state index contributed by atoms with van der Waals surface area (Å²) in [5.74, 6) is -1.31. The zero-order valence-corrected chi connectivity index (χ0v) is 16.5. The molecule has 1 aliphatic heterocycles. The molecule has 2 heterocycles. The highest BCUT2D eigenvalue weighted by Crippen LogP contribution is 2.25. The first-order valence-electron chi connectivity index (χ1n) is 8.73. The van der Waals surface area contributed by atoms with Crippen molar-refractivity contribution >= 4 is 21.9 Å². The molecule has 0 radical (unpaired) electrons. The monoisotopic (exact) mass is 385 g/mol. The van der Waals surface area contributed by atoms with Crippen molar-refractivity contribution in [1.82, 2.24) is 13.8 Å². The van der Waals surface area contributed by atoms with E-state index in [4.69, 9.17) is 5.11 Å². The number of hydrogen-bond donors (Lipinski definition) is 1. The molecule has 1 N–H and O–H groups in total. The van der Waals surface area contributed by atoms with Crippen LogP contribution in [0.25, 0.3) is 0 Å². The molecule has 9 heteroatoms. The van der Waals surface area contributed by atoms with E-state index < -0.39 is 28.4 Å². The molecule has 26 heavy (non-hydrogen) atoms. The second-order valence-corrected chi connectivity index (χ2v) is 9.14. The smallest absolute Gasteiger partial charge is 0.323 e. The zero-order valence-electron chi connectivity index (χ0n) is 15.7. The summed E-state index contributed by atoms with van der Waals surface area (Å²) in [5.41, 5.74) is 0.156. The number of piperidine rings is 1. The van der Waals surface area contributed by atoms with Gasteiger partial charge in [-0.3, -0.25) is 9.59 Å². The number of carboxylic acids is 1. The molecule has 0 saturated carbocycles. The van der Waals surface area contributed by atoms with Crippen LogP contribution in [-0.4, -0.2) is 64.8 Å². The Labute approximate surface area is 154 Å². The molecular formula is C17H27N3O5S. The van der Waals surface area contributed by atoms with Crippen LogP contribution in [0.1, 0.15) is 44.1 Å². The molecule has 2 rings (SSSR count). The number of sulfonamides is 1. The quantitative estimate of drug-likeness (QED) is 0.797. The van der Waals surface area contributed by atoms with E-state index in [1.54, 1.807) is 20.9 Å². The molecule has 0 spiro atoms. The van der Waals surface area contributed by atoms with E-state index >= 15 is 0 Å². The molecule has 1 amide bonds. The first kappa shape index (κ1) is 20.4. The highest BCUT2D eigenvalue weighted by molar-refractivity contribution is 7.89. The van der Waals surface area contributed by atoms with Crippen molar-refractivity contribution in [2.45, 2.75) is 44.6 Å². The van der Waals surface area contributed by atoms with Gasteiger partial charge in [0.2, 0.25) is 10.0 Å². The van der Waals surface area contributed by atoms with Crippen LogP contribution in [0, 0.1) is 5.92 Å². The minimum atomic E-state index is -3.67. The normalized spacial score (nSPS) is 18.9. The molecule has 0 bridgehead atoms. The summed E-state index contributed by atoms with van der Waals surface area (Å²) in [5, 5.41) is 9.02. The fraction of sp³-hybridized carbons (Fsp3) is 0.647. The van der Waals surface area contributed by atoms with E-state index in [2.05, 4.69) is 0 Å². The summed E-state index contributed by atoms with van der Waals surface area (Å²) in [7, 11) is -2.09. The third-order valence-corrected chi connectivity index (χ3v) is 6.48. The van der Waals surface area contributed by atoms with Crippen LogP contribution in [0.3, 0.4) is 0 Å². The number of nitrogens with zero attached hydrogens (tertiary/aromatic N) is 3. The number of aromatic nitrogens is 1. The van der Waals surface area contributed by atoms with Crippen molar-refractivity contribution in [1.29, 1.82) is 0 Å². The van der Waals surface area contributed by atoms with Crippen LogP contribution in [0.4, 0.5) is 0 Å². The van der Waals surface area contributed by atoms with Crippen molar-refractivity contribution in [3.63, 3.8) is 0 Å². The van der Waals surface area contributed by atoms with Crippen molar-refractivity contribution in [2.75, 3.05) is 19.6 Å². The lowest BCUT2D eigenvalue weighted by Gasteiger charge is -2.29. The third-order valence-electron chi connectivity index (χ3n) is 4.65. The fourth-order valence-electron chi connectivity index (χ4n) is 3.18. The van der Waals surface area contributed by atoms with Crippen LogP contribution >= 0.6 is 0 Å². The molecule has 1 saturated heterocycles. The molecule has 1 unspecified atom stereocenters. The predicted molar refractivity (Wildman–Crippen MR) is 96.4 cm³/mol. The Balaban J connectivity index is 2.33. The summed E-state index contributed by atoms with van der Waals surface area (Å²) >= 11 is 0. The van der Waals surface area contributed by atoms with Gasteiger partial charge in [-0.1, -0.05) is 6.92 Å². The molecule has 1 fully saturated rings. The largest absolute Gasteiger partial charge is 0.480 e. The number of carbonyl (C=O) groups excluding carboxylic acids is 1. The van der Waals surface area contributed by atoms with Gasteiger partial charge in [0.05, 0.1) is 0 Å². The number of aryl methyl sites for hydroxylation is 1. The highest BCUT2D eigenvalue weighted by Gasteiger charge is 2.32. The maximum atomic E-state index is 12.9. The van der Waals surface area contributed by atoms with E-state index in [9.17, 15) is 18.0 Å². The standard InChI is InChI=1S/C17H27N3O5S/c1-12(2)20(11-16(21)22)17(23)15-8-14(10-18(15)4)26(24,25)19-7-5-6-13(3)9-19/h8,10,12-13H,5-7,9,11H2,1-4H3,(H,21,22). The molecule has 1 aromatic rings. The van der Waals surface area contributed by atoms with E-state index in [0.717, 1.165) is 12.8 Å². The van der Waals surface area contributed by atoms with Crippen molar-refractivity contribution in [3.05, 3.63) is 18.0 Å². The van der Waals surface area contributed by atoms with Gasteiger partial charge in [-0.05, 0) is 38.7 Å². The average molecular weight is 385 g/mol. The molecule has 1 aliphatic rings. The summed E-state index contributed by atoms with van der Waals surface area (Å²) < 4.78 is 28.7. The fourth-order valence-corrected chi connectivity index (χ4v) is 4.85. The first-order valence-corrected chi connectivity index (χ1v) is 10.2. The number of aliphatic carboxylic acids is 1. The Morgan fingerprint density at radius 2 is 2.04 bits per heavy atom. The second-order valence-electron chi connectivity index (χ2n) is 7.20. The van der Waals surface area contributed by atoms with Gasteiger partial charge in [0.25, 0.3) is 5.91 Å². The molecule has 8 nitrogen and oxygen atoms in total. The SMILES string of the molecule is CC1CCCN(S(=O)(=O)c2cc(C(=O)N(CC(=O)O)C(C)C)n(C)c2)C1. The Morgan fingerprint density at radius 1 is 1.38 bits per heavy atom. The first-order chi connectivity index (χ1) is 12.0. The topological polar surface area (TPSA) is 99.9 Å². The van der Waals surface area contributed by atoms with Gasteiger partial charge in [0.1, 0.15) is 17.1 Å². The maximum absolute atomic E-state index is 12.9. The average Bonchev–Trinajstić information content (AvgIpc) is 2.94. The number of carboxylic acid groups (broad SMARTS) is 1. The van der Waals surface area contributed by atoms with Gasteiger partial charge in [0.15, 0.2) is 0 Å². The minimum Gasteiger partial charge on any atom is -0.480 e. The van der Waals surface area contributed by atoms with Gasteiger partial charge in [-0.15, -0.1) is 0 Å². The summed E-state index contributed by atoms with van der Waals surface area (Å²) in [6, 6.07) is 1.02. The molecule has 146 valence electrons. The van der Waals surface area contributed by atoms with Gasteiger partial charge in [-0.2, -0.15) is 4.31 Å². The van der Waals surface area contributed by atoms with Crippen LogP contribution in [-0.2, 0) is 21.9 Å². The Hall–Kier alpha value is -1.87. The zero-order chi connectivity index (χ0) is 19.6. The van der Waals surface area contributed by atoms with E-state index in [1.165, 1.54) is 26.0 Å². The number of amides is 1. The van der Waals surface area contributed by atoms with Crippen LogP contribution in [0.15, 0.2) is 17.2 Å². The van der Waals surface area contributed by atoms with Crippen molar-refractivity contribution < 1.29 is 23.1 Å². The van der Waals surface area contributed by atoms with Crippen molar-refractivity contribution in [2.24, 2.45) is 13.0 Å². The Morgan fingerprint density at radius 3 is 2.58 bits per heavy atom. The lowest BCUT2D eigenvalue weighted by atomic mass is 10.0. The van der Waals surface area contributed by atoms with Crippen molar-refractivity contribution in [3.8, 4) is 0 Å². The molecule has 0 aliphatic carbocycles. The molecule has 1 aromatic heterocycles. The molecular weight excluding hydrogens is 358 g/mol. The number of carbonyl (C=O) groups is 2. The number of rotatable bonds is 6. The van der Waals surface area contributed by atoms with Gasteiger partial charge >= 0.3 is 5.97 Å². The van der Waals surface area contributed by atoms with E-state index in [0.29, 0.717) is 19.0 Å². The van der Waals surface area contributed by atoms with E-state index in [-0.39, 0.29) is 16.6 Å². The molecule has 1 atom stereocenters. The predicted octanol–water partition coefficient (Wildman–Crippen LogP) is 1.38. The summed E-state index contributed by atoms with van der Waals surface area (Å²) in [6.45, 7) is 5.97. The van der Waals surface area contributed by atoms with Gasteiger partial charge < -0.3 is 14.6 Å². The summed E-state index contributed by atoms with van der Waals surface area (Å²) in [6.07, 6.45) is 3.24. The van der Waals surface area contributed by atoms with Crippen LogP contribution in [0.5, 0.6) is 0 Å². The minimum absolute atomic E-state index is 0.0662.